The molecule has 218 valence electrons. The number of rotatable bonds is 14. The first-order chi connectivity index (χ1) is 19.0. The molecule has 2 aromatic carbocycles. The minimum atomic E-state index is -1.33. The predicted octanol–water partition coefficient (Wildman–Crippen LogP) is 6.17. The number of methoxy groups -OCH3 is 1. The molecule has 0 fully saturated rings. The van der Waals surface area contributed by atoms with Crippen molar-refractivity contribution in [3.63, 3.8) is 0 Å². The molecule has 8 nitrogen and oxygen atoms in total. The van der Waals surface area contributed by atoms with Gasteiger partial charge in [0.1, 0.15) is 18.8 Å². The number of esters is 1. The third kappa shape index (κ3) is 7.22. The minimum Gasteiger partial charge on any atom is -0.481 e. The monoisotopic (exact) mass is 553 g/mol. The topological polar surface area (TPSA) is 111 Å². The van der Waals surface area contributed by atoms with E-state index in [0.717, 1.165) is 41.5 Å². The lowest BCUT2D eigenvalue weighted by atomic mass is 9.78. The lowest BCUT2D eigenvalue weighted by Gasteiger charge is -2.35. The number of carbonyl (C=O) groups excluding carboxylic acids is 2. The zero-order valence-corrected chi connectivity index (χ0v) is 24.4. The molecule has 1 amide bonds. The third-order valence-corrected chi connectivity index (χ3v) is 7.94. The number of hydrogen-bond acceptors (Lipinski definition) is 6. The van der Waals surface area contributed by atoms with Crippen LogP contribution in [0, 0.1) is 11.3 Å². The summed E-state index contributed by atoms with van der Waals surface area (Å²) in [4.78, 5) is 37.8. The van der Waals surface area contributed by atoms with Crippen LogP contribution >= 0.6 is 0 Å². The second-order valence-electron chi connectivity index (χ2n) is 11.3. The summed E-state index contributed by atoms with van der Waals surface area (Å²) in [5, 5.41) is 12.4. The van der Waals surface area contributed by atoms with Crippen LogP contribution < -0.4 is 5.32 Å². The maximum Gasteiger partial charge on any atom is 0.407 e. The van der Waals surface area contributed by atoms with Gasteiger partial charge in [0.05, 0.1) is 11.5 Å². The van der Waals surface area contributed by atoms with Gasteiger partial charge in [-0.05, 0) is 68.2 Å². The van der Waals surface area contributed by atoms with Crippen LogP contribution in [-0.2, 0) is 23.8 Å². The van der Waals surface area contributed by atoms with Crippen molar-refractivity contribution in [3.05, 3.63) is 59.7 Å². The van der Waals surface area contributed by atoms with Gasteiger partial charge >= 0.3 is 18.0 Å². The Balaban J connectivity index is 1.61. The standard InChI is InChI=1S/C32H43NO7/c1-7-12-22(38-6)18-17-20(2)28(32(4,5)30(35)36)40-29(34)21(3)33-31(37)39-19-27-25-15-10-8-13-23(25)24-14-9-11-16-26(24)27/h8-11,13-16,20-22,27-28H,7,12,17-19H2,1-6H3,(H,33,37)(H,35,36)/t20-,21+,22+,28+/m1/s1. The highest BCUT2D eigenvalue weighted by molar-refractivity contribution is 5.82. The Labute approximate surface area is 237 Å². The molecular weight excluding hydrogens is 510 g/mol. The number of nitrogens with one attached hydrogen (secondary N) is 1. The fraction of sp³-hybridized carbons (Fsp3) is 0.531. The maximum atomic E-state index is 13.0. The molecule has 40 heavy (non-hydrogen) atoms. The van der Waals surface area contributed by atoms with E-state index in [1.807, 2.05) is 43.3 Å². The first-order valence-corrected chi connectivity index (χ1v) is 14.1. The van der Waals surface area contributed by atoms with E-state index in [1.54, 1.807) is 21.0 Å². The van der Waals surface area contributed by atoms with Gasteiger partial charge in [-0.1, -0.05) is 68.8 Å². The number of fused-ring (bicyclic) bond motifs is 3. The third-order valence-electron chi connectivity index (χ3n) is 7.94. The van der Waals surface area contributed by atoms with Gasteiger partial charge in [0.25, 0.3) is 0 Å². The Morgan fingerprint density at radius 2 is 1.52 bits per heavy atom. The van der Waals surface area contributed by atoms with Gasteiger partial charge < -0.3 is 24.6 Å². The highest BCUT2D eigenvalue weighted by Crippen LogP contribution is 2.44. The average Bonchev–Trinajstić information content (AvgIpc) is 3.25. The van der Waals surface area contributed by atoms with Crippen LogP contribution in [0.3, 0.4) is 0 Å². The molecule has 0 saturated heterocycles. The molecule has 0 aromatic heterocycles. The molecule has 1 aliphatic rings. The van der Waals surface area contributed by atoms with E-state index in [4.69, 9.17) is 14.2 Å². The average molecular weight is 554 g/mol. The lowest BCUT2D eigenvalue weighted by Crippen LogP contribution is -2.48. The smallest absolute Gasteiger partial charge is 0.407 e. The molecule has 0 unspecified atom stereocenters. The van der Waals surface area contributed by atoms with Crippen molar-refractivity contribution in [1.82, 2.24) is 5.32 Å². The number of aliphatic carboxylic acids is 1. The van der Waals surface area contributed by atoms with Crippen LogP contribution in [0.4, 0.5) is 4.79 Å². The van der Waals surface area contributed by atoms with Crippen molar-refractivity contribution in [2.75, 3.05) is 13.7 Å². The predicted molar refractivity (Wildman–Crippen MR) is 153 cm³/mol. The number of carbonyl (C=O) groups is 3. The van der Waals surface area contributed by atoms with Gasteiger partial charge in [0, 0.05) is 13.0 Å². The molecule has 3 rings (SSSR count). The van der Waals surface area contributed by atoms with E-state index in [0.29, 0.717) is 6.42 Å². The second-order valence-corrected chi connectivity index (χ2v) is 11.3. The Hall–Kier alpha value is -3.39. The summed E-state index contributed by atoms with van der Waals surface area (Å²) in [6, 6.07) is 15.0. The van der Waals surface area contributed by atoms with Crippen LogP contribution in [0.1, 0.15) is 77.3 Å². The van der Waals surface area contributed by atoms with Crippen molar-refractivity contribution in [3.8, 4) is 11.1 Å². The van der Waals surface area contributed by atoms with Gasteiger partial charge in [0.15, 0.2) is 0 Å². The fourth-order valence-corrected chi connectivity index (χ4v) is 5.50. The largest absolute Gasteiger partial charge is 0.481 e. The number of alkyl carbamates (subject to hydrolysis) is 1. The van der Waals surface area contributed by atoms with E-state index < -0.39 is 35.6 Å². The summed E-state index contributed by atoms with van der Waals surface area (Å²) in [6.07, 6.45) is 1.65. The van der Waals surface area contributed by atoms with Crippen molar-refractivity contribution < 1.29 is 33.7 Å². The number of hydrogen-bond donors (Lipinski definition) is 2. The summed E-state index contributed by atoms with van der Waals surface area (Å²) < 4.78 is 16.9. The highest BCUT2D eigenvalue weighted by Gasteiger charge is 2.43. The van der Waals surface area contributed by atoms with E-state index >= 15 is 0 Å². The fourth-order valence-electron chi connectivity index (χ4n) is 5.50. The lowest BCUT2D eigenvalue weighted by molar-refractivity contribution is -0.172. The number of carboxylic acid groups (broad SMARTS) is 1. The van der Waals surface area contributed by atoms with Crippen LogP contribution in [0.15, 0.2) is 48.5 Å². The van der Waals surface area contributed by atoms with Crippen LogP contribution in [-0.4, -0.2) is 55.1 Å². The van der Waals surface area contributed by atoms with Gasteiger partial charge in [-0.3, -0.25) is 4.79 Å². The van der Waals surface area contributed by atoms with E-state index in [2.05, 4.69) is 24.4 Å². The van der Waals surface area contributed by atoms with Crippen molar-refractivity contribution in [1.29, 1.82) is 0 Å². The van der Waals surface area contributed by atoms with Crippen molar-refractivity contribution >= 4 is 18.0 Å². The number of benzene rings is 2. The normalized spacial score (nSPS) is 15.8. The van der Waals surface area contributed by atoms with E-state index in [-0.39, 0.29) is 24.5 Å². The summed E-state index contributed by atoms with van der Waals surface area (Å²) in [7, 11) is 1.67. The molecule has 0 saturated carbocycles. The van der Waals surface area contributed by atoms with E-state index in [1.165, 1.54) is 6.92 Å². The zero-order valence-electron chi connectivity index (χ0n) is 24.4. The molecule has 4 atom stereocenters. The maximum absolute atomic E-state index is 13.0. The summed E-state index contributed by atoms with van der Waals surface area (Å²) in [5.74, 6) is -2.13. The molecule has 0 bridgehead atoms. The van der Waals surface area contributed by atoms with Gasteiger partial charge in [-0.25, -0.2) is 9.59 Å². The quantitative estimate of drug-likeness (QED) is 0.269. The number of ether oxygens (including phenoxy) is 3. The SMILES string of the molecule is CCC[C@@H](CC[C@@H](C)[C@H](OC(=O)[C@H](C)NC(=O)OCC1c2ccccc2-c2ccccc21)C(C)(C)C(=O)O)OC. The molecule has 8 heteroatoms. The van der Waals surface area contributed by atoms with Crippen molar-refractivity contribution in [2.24, 2.45) is 11.3 Å². The molecule has 0 heterocycles. The Morgan fingerprint density at radius 1 is 0.950 bits per heavy atom. The molecule has 0 spiro atoms. The summed E-state index contributed by atoms with van der Waals surface area (Å²) in [6.45, 7) is 8.68. The Morgan fingerprint density at radius 3 is 2.05 bits per heavy atom. The Kier molecular flexibility index (Phi) is 10.7. The first kappa shape index (κ1) is 31.1. The van der Waals surface area contributed by atoms with Crippen LogP contribution in [0.5, 0.6) is 0 Å². The van der Waals surface area contributed by atoms with Crippen molar-refractivity contribution in [2.45, 2.75) is 84.5 Å². The molecule has 2 aromatic rings. The molecule has 1 aliphatic carbocycles. The summed E-state index contributed by atoms with van der Waals surface area (Å²) >= 11 is 0. The highest BCUT2D eigenvalue weighted by atomic mass is 16.6. The van der Waals surface area contributed by atoms with E-state index in [9.17, 15) is 19.5 Å². The zero-order chi connectivity index (χ0) is 29.4. The van der Waals surface area contributed by atoms with Gasteiger partial charge in [0.2, 0.25) is 0 Å². The van der Waals surface area contributed by atoms with Crippen LogP contribution in [0.25, 0.3) is 11.1 Å². The second kappa shape index (κ2) is 13.8. The first-order valence-electron chi connectivity index (χ1n) is 14.1. The van der Waals surface area contributed by atoms with Crippen LogP contribution in [0.2, 0.25) is 0 Å². The molecular formula is C32H43NO7. The number of carboxylic acids is 1. The molecule has 0 radical (unpaired) electrons. The Bertz CT molecular complexity index is 1130. The molecule has 2 N–H and O–H groups in total. The number of amides is 1. The van der Waals surface area contributed by atoms with Gasteiger partial charge in [-0.15, -0.1) is 0 Å². The van der Waals surface area contributed by atoms with Gasteiger partial charge in [-0.2, -0.15) is 0 Å². The molecule has 0 aliphatic heterocycles. The summed E-state index contributed by atoms with van der Waals surface area (Å²) in [5.41, 5.74) is 3.09. The minimum absolute atomic E-state index is 0.0610.